The van der Waals surface area contributed by atoms with Gasteiger partial charge >= 0.3 is 15.6 Å². The summed E-state index contributed by atoms with van der Waals surface area (Å²) in [4.78, 5) is 0. The van der Waals surface area contributed by atoms with Crippen molar-refractivity contribution in [2.45, 2.75) is 63.7 Å². The van der Waals surface area contributed by atoms with Crippen molar-refractivity contribution in [2.24, 2.45) is 5.41 Å². The van der Waals surface area contributed by atoms with Gasteiger partial charge in [-0.1, -0.05) is 45.1 Å². The molecule has 0 N–H and O–H groups in total. The van der Waals surface area contributed by atoms with E-state index in [4.69, 9.17) is 4.43 Å². The van der Waals surface area contributed by atoms with Crippen LogP contribution in [0.25, 0.3) is 0 Å². The van der Waals surface area contributed by atoms with Gasteiger partial charge in [-0.05, 0) is 43.5 Å². The summed E-state index contributed by atoms with van der Waals surface area (Å²) in [6.45, 7) is 11.3. The quantitative estimate of drug-likeness (QED) is 0.165. The van der Waals surface area contributed by atoms with E-state index in [2.05, 4.69) is 50.2 Å². The summed E-state index contributed by atoms with van der Waals surface area (Å²) in [7, 11) is -7.55. The molecule has 0 aromatic rings. The van der Waals surface area contributed by atoms with E-state index in [0.29, 0.717) is 25.7 Å². The fourth-order valence-corrected chi connectivity index (χ4v) is 3.59. The van der Waals surface area contributed by atoms with Gasteiger partial charge in [0, 0.05) is 12.0 Å². The molecule has 0 spiro atoms. The number of alkyl halides is 3. The van der Waals surface area contributed by atoms with Crippen molar-refractivity contribution < 1.29 is 30.2 Å². The lowest BCUT2D eigenvalue weighted by atomic mass is 9.81. The molecule has 0 heterocycles. The number of hydrogen-bond acceptors (Lipinski definition) is 4. The van der Waals surface area contributed by atoms with Crippen LogP contribution in [0.1, 0.15) is 40.0 Å². The summed E-state index contributed by atoms with van der Waals surface area (Å²) >= 11 is 0. The molecule has 0 aliphatic heterocycles. The molecule has 1 aliphatic rings. The number of allylic oxidation sites excluding steroid dienone is 3. The first-order valence-corrected chi connectivity index (χ1v) is 13.1. The van der Waals surface area contributed by atoms with E-state index < -0.39 is 23.9 Å². The highest BCUT2D eigenvalue weighted by molar-refractivity contribution is 7.87. The Hall–Kier alpha value is -1.06. The minimum atomic E-state index is -5.60. The van der Waals surface area contributed by atoms with E-state index in [-0.39, 0.29) is 10.5 Å². The number of halogens is 3. The van der Waals surface area contributed by atoms with Crippen LogP contribution in [0.15, 0.2) is 36.6 Å². The first kappa shape index (κ1) is 24.0. The molecule has 1 aliphatic carbocycles. The van der Waals surface area contributed by atoms with E-state index in [0.717, 1.165) is 6.42 Å². The van der Waals surface area contributed by atoms with Crippen LogP contribution in [0, 0.1) is 5.41 Å². The van der Waals surface area contributed by atoms with Gasteiger partial charge in [0.15, 0.2) is 8.32 Å². The fourth-order valence-electron chi connectivity index (χ4n) is 2.19. The van der Waals surface area contributed by atoms with Crippen LogP contribution >= 0.6 is 0 Å². The van der Waals surface area contributed by atoms with Gasteiger partial charge in [-0.25, -0.2) is 0 Å². The highest BCUT2D eigenvalue weighted by atomic mass is 32.2. The Morgan fingerprint density at radius 3 is 2.19 bits per heavy atom. The van der Waals surface area contributed by atoms with Crippen molar-refractivity contribution in [1.82, 2.24) is 0 Å². The molecule has 0 bridgehead atoms. The second-order valence-electron chi connectivity index (χ2n) is 8.23. The molecule has 0 saturated carbocycles. The predicted octanol–water partition coefficient (Wildman–Crippen LogP) is 5.67. The lowest BCUT2D eigenvalue weighted by Crippen LogP contribution is -2.43. The first-order valence-electron chi connectivity index (χ1n) is 8.76. The second kappa shape index (κ2) is 8.53. The smallest absolute Gasteiger partial charge is 0.416 e. The van der Waals surface area contributed by atoms with E-state index in [9.17, 15) is 21.6 Å². The Kier molecular flexibility index (Phi) is 7.57. The van der Waals surface area contributed by atoms with E-state index in [1.165, 1.54) is 6.08 Å². The second-order valence-corrected chi connectivity index (χ2v) is 14.6. The molecule has 0 amide bonds. The van der Waals surface area contributed by atoms with Gasteiger partial charge in [0.25, 0.3) is 0 Å². The third kappa shape index (κ3) is 6.80. The highest BCUT2D eigenvalue weighted by Gasteiger charge is 2.47. The molecular weight excluding hydrogens is 397 g/mol. The molecule has 0 unspecified atom stereocenters. The Morgan fingerprint density at radius 1 is 1.15 bits per heavy atom. The molecule has 0 fully saturated rings. The third-order valence-electron chi connectivity index (χ3n) is 5.02. The standard InChI is InChI=1S/C18H29F3O4SSi/c1-16(2,3)27(4,5)25-15-17(11-7-6-8-12-17)13-9-10-14-24-26(22,23)18(19,20)21/h7-8,10-12,14H,6,9,13,15H2,1-5H3/b14-10-. The van der Waals surface area contributed by atoms with Crippen LogP contribution in [0.4, 0.5) is 13.2 Å². The zero-order valence-electron chi connectivity index (χ0n) is 16.5. The van der Waals surface area contributed by atoms with Crippen molar-refractivity contribution in [1.29, 1.82) is 0 Å². The maximum absolute atomic E-state index is 12.2. The van der Waals surface area contributed by atoms with Crippen molar-refractivity contribution in [2.75, 3.05) is 6.61 Å². The molecule has 0 saturated heterocycles. The van der Waals surface area contributed by atoms with Crippen LogP contribution in [0.3, 0.4) is 0 Å². The summed E-state index contributed by atoms with van der Waals surface area (Å²) in [5.41, 5.74) is -5.79. The van der Waals surface area contributed by atoms with Crippen LogP contribution in [-0.4, -0.2) is 28.9 Å². The Balaban J connectivity index is 2.72. The molecule has 1 rings (SSSR count). The number of hydrogen-bond donors (Lipinski definition) is 0. The Bertz CT molecular complexity index is 674. The van der Waals surface area contributed by atoms with Crippen molar-refractivity contribution in [3.63, 3.8) is 0 Å². The van der Waals surface area contributed by atoms with Crippen molar-refractivity contribution >= 4 is 18.4 Å². The highest BCUT2D eigenvalue weighted by Crippen LogP contribution is 2.39. The molecular formula is C18H29F3O4SSi. The lowest BCUT2D eigenvalue weighted by Gasteiger charge is -2.40. The van der Waals surface area contributed by atoms with Gasteiger partial charge < -0.3 is 8.61 Å². The van der Waals surface area contributed by atoms with Gasteiger partial charge in [0.05, 0.1) is 0 Å². The van der Waals surface area contributed by atoms with Gasteiger partial charge in [-0.2, -0.15) is 21.6 Å². The zero-order chi connectivity index (χ0) is 21.0. The summed E-state index contributed by atoms with van der Waals surface area (Å²) in [6, 6.07) is 0. The molecule has 9 heteroatoms. The topological polar surface area (TPSA) is 52.6 Å². The minimum Gasteiger partial charge on any atom is -0.416 e. The molecule has 0 atom stereocenters. The van der Waals surface area contributed by atoms with E-state index in [1.807, 2.05) is 12.2 Å². The lowest BCUT2D eigenvalue weighted by molar-refractivity contribution is -0.0515. The van der Waals surface area contributed by atoms with Crippen molar-refractivity contribution in [3.05, 3.63) is 36.6 Å². The predicted molar refractivity (Wildman–Crippen MR) is 103 cm³/mol. The average Bonchev–Trinajstić information content (AvgIpc) is 2.51. The fraction of sp³-hybridized carbons (Fsp3) is 0.667. The first-order chi connectivity index (χ1) is 12.1. The van der Waals surface area contributed by atoms with E-state index >= 15 is 0 Å². The largest absolute Gasteiger partial charge is 0.534 e. The molecule has 4 nitrogen and oxygen atoms in total. The maximum Gasteiger partial charge on any atom is 0.534 e. The monoisotopic (exact) mass is 426 g/mol. The molecule has 27 heavy (non-hydrogen) atoms. The SMILES string of the molecule is CC(C)(C)[Si](C)(C)OCC1(CC/C=C\OS(=O)(=O)C(F)(F)F)C=CCC=C1. The Morgan fingerprint density at radius 2 is 1.70 bits per heavy atom. The number of rotatable bonds is 8. The average molecular weight is 427 g/mol. The molecule has 0 aromatic heterocycles. The Labute approximate surface area is 161 Å². The zero-order valence-corrected chi connectivity index (χ0v) is 18.3. The van der Waals surface area contributed by atoms with E-state index in [1.54, 1.807) is 0 Å². The van der Waals surface area contributed by atoms with Crippen LogP contribution in [0.5, 0.6) is 0 Å². The summed E-state index contributed by atoms with van der Waals surface area (Å²) < 4.78 is 68.6. The summed E-state index contributed by atoms with van der Waals surface area (Å²) in [5.74, 6) is 0. The third-order valence-corrected chi connectivity index (χ3v) is 10.4. The van der Waals surface area contributed by atoms with Crippen LogP contribution in [0.2, 0.25) is 18.1 Å². The van der Waals surface area contributed by atoms with Gasteiger partial charge in [-0.3, -0.25) is 0 Å². The molecule has 0 aromatic carbocycles. The minimum absolute atomic E-state index is 0.0655. The van der Waals surface area contributed by atoms with Crippen molar-refractivity contribution in [3.8, 4) is 0 Å². The summed E-state index contributed by atoms with van der Waals surface area (Å²) in [5, 5.41) is 0.0655. The van der Waals surface area contributed by atoms with Gasteiger partial charge in [-0.15, -0.1) is 0 Å². The molecule has 156 valence electrons. The van der Waals surface area contributed by atoms with Gasteiger partial charge in [0.1, 0.15) is 6.26 Å². The molecule has 0 radical (unpaired) electrons. The van der Waals surface area contributed by atoms with Crippen LogP contribution < -0.4 is 0 Å². The normalized spacial score (nSPS) is 18.2. The maximum atomic E-state index is 12.2. The van der Waals surface area contributed by atoms with Gasteiger partial charge in [0.2, 0.25) is 0 Å². The van der Waals surface area contributed by atoms with Crippen LogP contribution in [-0.2, 0) is 18.7 Å². The summed E-state index contributed by atoms with van der Waals surface area (Å²) in [6.07, 6.45) is 11.8.